The van der Waals surface area contributed by atoms with E-state index in [1.165, 1.54) is 68.9 Å². The average molecular weight is 469 g/mol. The predicted molar refractivity (Wildman–Crippen MR) is 141 cm³/mol. The Morgan fingerprint density at radius 2 is 1.41 bits per heavy atom. The number of likely N-dealkylation sites (N-methyl/N-ethyl adjacent to an activating group) is 1. The molecular formula is C30H46NO3+. The van der Waals surface area contributed by atoms with Gasteiger partial charge in [-0.25, -0.2) is 4.79 Å². The molecule has 0 atom stereocenters. The molecule has 0 aromatic heterocycles. The lowest BCUT2D eigenvalue weighted by atomic mass is 10.0. The normalized spacial score (nSPS) is 11.4. The second-order valence-electron chi connectivity index (χ2n) is 10.0. The summed E-state index contributed by atoms with van der Waals surface area (Å²) in [5.74, 6) is 0.660. The van der Waals surface area contributed by atoms with Crippen LogP contribution in [0.5, 0.6) is 5.75 Å². The largest absolute Gasteiger partial charge is 0.490 e. The van der Waals surface area contributed by atoms with Crippen LogP contribution in [0.1, 0.15) is 75.8 Å². The minimum atomic E-state index is -0.191. The fourth-order valence-corrected chi connectivity index (χ4v) is 4.27. The lowest BCUT2D eigenvalue weighted by Gasteiger charge is -2.28. The summed E-state index contributed by atoms with van der Waals surface area (Å²) in [6, 6.07) is 18.5. The standard InChI is InChI=1S/C30H46NO3/c1-4-5-6-7-8-9-10-11-13-17-27-20-16-21-29(24-27)33-22-23-34-30(32)26-31(2,3)25-28-18-14-12-15-19-28/h12,14-16,18-21,24H,4-11,13,17,22-23,25-26H2,1-3H3/q+1. The third-order valence-corrected chi connectivity index (χ3v) is 6.09. The van der Waals surface area contributed by atoms with Crippen molar-refractivity contribution in [2.45, 2.75) is 77.7 Å². The number of ether oxygens (including phenoxy) is 2. The predicted octanol–water partition coefficient (Wildman–Crippen LogP) is 6.96. The van der Waals surface area contributed by atoms with Crippen LogP contribution < -0.4 is 4.74 Å². The van der Waals surface area contributed by atoms with Crippen molar-refractivity contribution in [3.8, 4) is 5.75 Å². The van der Waals surface area contributed by atoms with Crippen molar-refractivity contribution in [2.75, 3.05) is 33.9 Å². The van der Waals surface area contributed by atoms with Crippen LogP contribution in [0.15, 0.2) is 54.6 Å². The van der Waals surface area contributed by atoms with Crippen LogP contribution in [0.25, 0.3) is 0 Å². The van der Waals surface area contributed by atoms with Gasteiger partial charge in [-0.1, -0.05) is 101 Å². The van der Waals surface area contributed by atoms with Crippen molar-refractivity contribution in [2.24, 2.45) is 0 Å². The van der Waals surface area contributed by atoms with Gasteiger partial charge in [-0.15, -0.1) is 0 Å². The van der Waals surface area contributed by atoms with E-state index in [2.05, 4.69) is 31.2 Å². The van der Waals surface area contributed by atoms with Crippen molar-refractivity contribution < 1.29 is 18.8 Å². The maximum Gasteiger partial charge on any atom is 0.361 e. The maximum atomic E-state index is 12.3. The highest BCUT2D eigenvalue weighted by atomic mass is 16.6. The van der Waals surface area contributed by atoms with Gasteiger partial charge in [0.1, 0.15) is 25.5 Å². The summed E-state index contributed by atoms with van der Waals surface area (Å²) in [4.78, 5) is 12.3. The number of esters is 1. The number of hydrogen-bond acceptors (Lipinski definition) is 3. The molecule has 0 saturated heterocycles. The van der Waals surface area contributed by atoms with Crippen molar-refractivity contribution in [3.05, 3.63) is 65.7 Å². The monoisotopic (exact) mass is 468 g/mol. The Balaban J connectivity index is 1.57. The number of carbonyl (C=O) groups excluding carboxylic acids is 1. The summed E-state index contributed by atoms with van der Waals surface area (Å²) in [6.07, 6.45) is 13.2. The Morgan fingerprint density at radius 3 is 2.12 bits per heavy atom. The summed E-state index contributed by atoms with van der Waals surface area (Å²) in [7, 11) is 4.09. The minimum Gasteiger partial charge on any atom is -0.490 e. The second-order valence-corrected chi connectivity index (χ2v) is 10.0. The van der Waals surface area contributed by atoms with E-state index in [4.69, 9.17) is 9.47 Å². The molecular weight excluding hydrogens is 422 g/mol. The average Bonchev–Trinajstić information content (AvgIpc) is 2.81. The topological polar surface area (TPSA) is 35.5 Å². The molecule has 188 valence electrons. The Labute approximate surface area is 207 Å². The number of quaternary nitrogens is 1. The summed E-state index contributed by atoms with van der Waals surface area (Å²) in [6.45, 7) is 4.04. The number of carbonyl (C=O) groups is 1. The molecule has 4 nitrogen and oxygen atoms in total. The van der Waals surface area contributed by atoms with Gasteiger partial charge in [0.25, 0.3) is 0 Å². The van der Waals surface area contributed by atoms with Crippen LogP contribution in [0.4, 0.5) is 0 Å². The molecule has 2 rings (SSSR count). The summed E-state index contributed by atoms with van der Waals surface area (Å²) in [5.41, 5.74) is 2.53. The van der Waals surface area contributed by atoms with E-state index < -0.39 is 0 Å². The van der Waals surface area contributed by atoms with Crippen LogP contribution in [-0.4, -0.2) is 44.3 Å². The first kappa shape index (κ1) is 27.9. The molecule has 0 aliphatic heterocycles. The van der Waals surface area contributed by atoms with Gasteiger partial charge in [0.2, 0.25) is 0 Å². The number of rotatable bonds is 18. The molecule has 0 fully saturated rings. The van der Waals surface area contributed by atoms with Crippen molar-refractivity contribution in [1.82, 2.24) is 0 Å². The van der Waals surface area contributed by atoms with Crippen molar-refractivity contribution >= 4 is 5.97 Å². The van der Waals surface area contributed by atoms with Crippen LogP contribution in [-0.2, 0) is 22.5 Å². The first-order chi connectivity index (χ1) is 16.5. The highest BCUT2D eigenvalue weighted by Gasteiger charge is 2.21. The van der Waals surface area contributed by atoms with Gasteiger partial charge in [0.15, 0.2) is 6.54 Å². The summed E-state index contributed by atoms with van der Waals surface area (Å²) < 4.78 is 11.8. The molecule has 0 unspecified atom stereocenters. The fraction of sp³-hybridized carbons (Fsp3) is 0.567. The van der Waals surface area contributed by atoms with Gasteiger partial charge in [-0.2, -0.15) is 0 Å². The van der Waals surface area contributed by atoms with Gasteiger partial charge < -0.3 is 14.0 Å². The maximum absolute atomic E-state index is 12.3. The van der Waals surface area contributed by atoms with Gasteiger partial charge in [0.05, 0.1) is 14.1 Å². The zero-order chi connectivity index (χ0) is 24.5. The molecule has 0 saturated carbocycles. The third-order valence-electron chi connectivity index (χ3n) is 6.09. The molecule has 0 amide bonds. The highest BCUT2D eigenvalue weighted by molar-refractivity contribution is 5.70. The molecule has 2 aromatic carbocycles. The summed E-state index contributed by atoms with van der Waals surface area (Å²) in [5, 5.41) is 0. The van der Waals surface area contributed by atoms with E-state index in [1.54, 1.807) is 0 Å². The van der Waals surface area contributed by atoms with Crippen molar-refractivity contribution in [3.63, 3.8) is 0 Å². The van der Waals surface area contributed by atoms with Gasteiger partial charge >= 0.3 is 5.97 Å². The van der Waals surface area contributed by atoms with Gasteiger partial charge in [0, 0.05) is 5.56 Å². The highest BCUT2D eigenvalue weighted by Crippen LogP contribution is 2.17. The lowest BCUT2D eigenvalue weighted by molar-refractivity contribution is -0.896. The van der Waals surface area contributed by atoms with E-state index in [0.29, 0.717) is 17.6 Å². The molecule has 2 aromatic rings. The van der Waals surface area contributed by atoms with Gasteiger partial charge in [-0.05, 0) is 30.5 Å². The summed E-state index contributed by atoms with van der Waals surface area (Å²) >= 11 is 0. The van der Waals surface area contributed by atoms with E-state index in [0.717, 1.165) is 18.7 Å². The zero-order valence-electron chi connectivity index (χ0n) is 21.8. The molecule has 0 spiro atoms. The first-order valence-corrected chi connectivity index (χ1v) is 13.2. The fourth-order valence-electron chi connectivity index (χ4n) is 4.27. The number of unbranched alkanes of at least 4 members (excludes halogenated alkanes) is 8. The molecule has 4 heteroatoms. The quantitative estimate of drug-likeness (QED) is 0.135. The minimum absolute atomic E-state index is 0.191. The molecule has 0 aliphatic carbocycles. The first-order valence-electron chi connectivity index (χ1n) is 13.2. The van der Waals surface area contributed by atoms with E-state index in [1.807, 2.05) is 44.4 Å². The Kier molecular flexibility index (Phi) is 13.4. The van der Waals surface area contributed by atoms with Crippen LogP contribution in [0, 0.1) is 0 Å². The second kappa shape index (κ2) is 16.3. The number of aryl methyl sites for hydroxylation is 1. The lowest BCUT2D eigenvalue weighted by Crippen LogP contribution is -2.43. The zero-order valence-corrected chi connectivity index (χ0v) is 21.8. The Morgan fingerprint density at radius 1 is 0.765 bits per heavy atom. The van der Waals surface area contributed by atoms with E-state index in [-0.39, 0.29) is 12.6 Å². The molecule has 0 radical (unpaired) electrons. The number of hydrogen-bond donors (Lipinski definition) is 0. The molecule has 0 aliphatic rings. The van der Waals surface area contributed by atoms with Gasteiger partial charge in [-0.3, -0.25) is 0 Å². The van der Waals surface area contributed by atoms with Crippen LogP contribution in [0.3, 0.4) is 0 Å². The van der Waals surface area contributed by atoms with Crippen molar-refractivity contribution in [1.29, 1.82) is 0 Å². The third kappa shape index (κ3) is 12.8. The van der Waals surface area contributed by atoms with Crippen LogP contribution >= 0.6 is 0 Å². The number of benzene rings is 2. The molecule has 0 bridgehead atoms. The molecule has 0 N–H and O–H groups in total. The Bertz CT molecular complexity index is 804. The van der Waals surface area contributed by atoms with E-state index in [9.17, 15) is 4.79 Å². The molecule has 34 heavy (non-hydrogen) atoms. The molecule has 0 heterocycles. The Hall–Kier alpha value is -2.33. The smallest absolute Gasteiger partial charge is 0.361 e. The SMILES string of the molecule is CCCCCCCCCCCc1cccc(OCCOC(=O)C[N+](C)(C)Cc2ccccc2)c1. The van der Waals surface area contributed by atoms with E-state index >= 15 is 0 Å². The van der Waals surface area contributed by atoms with Crippen LogP contribution in [0.2, 0.25) is 0 Å². The number of nitrogens with zero attached hydrogens (tertiary/aromatic N) is 1.